The Morgan fingerprint density at radius 3 is 2.43 bits per heavy atom. The number of benzene rings is 1. The number of ketones is 1. The molecule has 1 aromatic carbocycles. The summed E-state index contributed by atoms with van der Waals surface area (Å²) in [6.45, 7) is 6.09. The van der Waals surface area contributed by atoms with Crippen molar-refractivity contribution in [1.29, 1.82) is 0 Å². The Hall–Kier alpha value is -1.84. The van der Waals surface area contributed by atoms with Crippen molar-refractivity contribution in [3.8, 4) is 0 Å². The Balaban J connectivity index is 2.16. The smallest absolute Gasteiger partial charge is 0.410 e. The van der Waals surface area contributed by atoms with E-state index in [4.69, 9.17) is 4.74 Å². The van der Waals surface area contributed by atoms with Gasteiger partial charge in [-0.25, -0.2) is 4.79 Å². The zero-order valence-corrected chi connectivity index (χ0v) is 13.0. The lowest BCUT2D eigenvalue weighted by molar-refractivity contribution is 0.0105. The summed E-state index contributed by atoms with van der Waals surface area (Å²) in [7, 11) is 0. The van der Waals surface area contributed by atoms with Crippen LogP contribution in [0.25, 0.3) is 0 Å². The highest BCUT2D eigenvalue weighted by Gasteiger charge is 2.34. The molecule has 1 amide bonds. The molecule has 1 fully saturated rings. The summed E-state index contributed by atoms with van der Waals surface area (Å²) < 4.78 is 5.43. The number of amides is 1. The van der Waals surface area contributed by atoms with Crippen molar-refractivity contribution in [2.45, 2.75) is 51.7 Å². The van der Waals surface area contributed by atoms with Crippen LogP contribution in [0, 0.1) is 0 Å². The standard InChI is InChI=1S/C17H23NO3/c1-17(2,3)21-16(20)18-12-8-7-11-14(18)15(19)13-9-5-4-6-10-13/h4-6,9-10,14H,7-8,11-12H2,1-3H3. The Labute approximate surface area is 126 Å². The molecule has 114 valence electrons. The zero-order valence-electron chi connectivity index (χ0n) is 13.0. The third kappa shape index (κ3) is 4.06. The molecule has 1 aliphatic heterocycles. The molecule has 4 nitrogen and oxygen atoms in total. The minimum atomic E-state index is -0.547. The van der Waals surface area contributed by atoms with E-state index in [1.165, 1.54) is 0 Å². The van der Waals surface area contributed by atoms with E-state index in [9.17, 15) is 9.59 Å². The van der Waals surface area contributed by atoms with Gasteiger partial charge in [0.15, 0.2) is 5.78 Å². The normalized spacial score (nSPS) is 19.2. The minimum absolute atomic E-state index is 0.00107. The number of carbonyl (C=O) groups is 2. The summed E-state index contributed by atoms with van der Waals surface area (Å²) >= 11 is 0. The second-order valence-electron chi connectivity index (χ2n) is 6.42. The lowest BCUT2D eigenvalue weighted by Crippen LogP contribution is -2.49. The summed E-state index contributed by atoms with van der Waals surface area (Å²) in [4.78, 5) is 26.5. The van der Waals surface area contributed by atoms with E-state index in [2.05, 4.69) is 0 Å². The van der Waals surface area contributed by atoms with Gasteiger partial charge >= 0.3 is 6.09 Å². The summed E-state index contributed by atoms with van der Waals surface area (Å²) in [5.41, 5.74) is 0.104. The van der Waals surface area contributed by atoms with Crippen LogP contribution >= 0.6 is 0 Å². The van der Waals surface area contributed by atoms with Crippen molar-refractivity contribution < 1.29 is 14.3 Å². The molecule has 2 rings (SSSR count). The van der Waals surface area contributed by atoms with E-state index in [1.54, 1.807) is 17.0 Å². The van der Waals surface area contributed by atoms with Gasteiger partial charge in [-0.3, -0.25) is 9.69 Å². The Bertz CT molecular complexity index is 505. The van der Waals surface area contributed by atoms with Crippen molar-refractivity contribution in [2.75, 3.05) is 6.54 Å². The number of rotatable bonds is 2. The molecule has 0 aromatic heterocycles. The van der Waals surface area contributed by atoms with Gasteiger partial charge in [0.1, 0.15) is 5.60 Å². The fraction of sp³-hybridized carbons (Fsp3) is 0.529. The van der Waals surface area contributed by atoms with Crippen LogP contribution in [0.15, 0.2) is 30.3 Å². The van der Waals surface area contributed by atoms with Crippen molar-refractivity contribution in [3.05, 3.63) is 35.9 Å². The van der Waals surface area contributed by atoms with E-state index >= 15 is 0 Å². The van der Waals surface area contributed by atoms with Crippen LogP contribution in [-0.4, -0.2) is 35.0 Å². The number of ether oxygens (including phenoxy) is 1. The van der Waals surface area contributed by atoms with Gasteiger partial charge in [-0.1, -0.05) is 30.3 Å². The predicted molar refractivity (Wildman–Crippen MR) is 81.4 cm³/mol. The van der Waals surface area contributed by atoms with Gasteiger partial charge in [0.05, 0.1) is 6.04 Å². The van der Waals surface area contributed by atoms with Crippen LogP contribution in [-0.2, 0) is 4.74 Å². The Morgan fingerprint density at radius 2 is 1.81 bits per heavy atom. The van der Waals surface area contributed by atoms with Gasteiger partial charge in [0, 0.05) is 12.1 Å². The fourth-order valence-corrected chi connectivity index (χ4v) is 2.54. The average Bonchev–Trinajstić information content (AvgIpc) is 2.45. The molecule has 0 N–H and O–H groups in total. The SMILES string of the molecule is CC(C)(C)OC(=O)N1CCCCC1C(=O)c1ccccc1. The topological polar surface area (TPSA) is 46.6 Å². The number of piperidine rings is 1. The minimum Gasteiger partial charge on any atom is -0.444 e. The molecule has 1 aromatic rings. The van der Waals surface area contributed by atoms with Crippen LogP contribution in [0.3, 0.4) is 0 Å². The average molecular weight is 289 g/mol. The highest BCUT2D eigenvalue weighted by atomic mass is 16.6. The number of likely N-dealkylation sites (tertiary alicyclic amines) is 1. The molecule has 0 spiro atoms. The third-order valence-corrected chi connectivity index (χ3v) is 3.49. The highest BCUT2D eigenvalue weighted by molar-refractivity contribution is 6.01. The van der Waals surface area contributed by atoms with Crippen LogP contribution in [0.1, 0.15) is 50.4 Å². The third-order valence-electron chi connectivity index (χ3n) is 3.49. The van der Waals surface area contributed by atoms with E-state index in [1.807, 2.05) is 39.0 Å². The number of Topliss-reactive ketones (excluding diaryl/α,β-unsaturated/α-hetero) is 1. The van der Waals surface area contributed by atoms with Crippen LogP contribution in [0.5, 0.6) is 0 Å². The first-order chi connectivity index (χ1) is 9.88. The first-order valence-corrected chi connectivity index (χ1v) is 7.47. The van der Waals surface area contributed by atoms with Crippen molar-refractivity contribution in [1.82, 2.24) is 4.90 Å². The molecule has 4 heteroatoms. The number of hydrogen-bond acceptors (Lipinski definition) is 3. The quantitative estimate of drug-likeness (QED) is 0.781. The first kappa shape index (κ1) is 15.5. The maximum absolute atomic E-state index is 12.6. The van der Waals surface area contributed by atoms with Gasteiger partial charge in [0.2, 0.25) is 0 Å². The fourth-order valence-electron chi connectivity index (χ4n) is 2.54. The van der Waals surface area contributed by atoms with Crippen LogP contribution in [0.4, 0.5) is 4.79 Å². The molecular formula is C17H23NO3. The molecule has 0 aliphatic carbocycles. The van der Waals surface area contributed by atoms with Crippen molar-refractivity contribution in [3.63, 3.8) is 0 Å². The Kier molecular flexibility index (Phi) is 4.66. The molecule has 0 bridgehead atoms. The van der Waals surface area contributed by atoms with Gasteiger partial charge in [0.25, 0.3) is 0 Å². The molecule has 0 radical (unpaired) electrons. The summed E-state index contributed by atoms with van der Waals surface area (Å²) in [5.74, 6) is 0.00107. The van der Waals surface area contributed by atoms with Gasteiger partial charge in [-0.15, -0.1) is 0 Å². The molecule has 1 atom stereocenters. The predicted octanol–water partition coefficient (Wildman–Crippen LogP) is 3.66. The molecule has 1 saturated heterocycles. The molecule has 0 saturated carbocycles. The largest absolute Gasteiger partial charge is 0.444 e. The highest BCUT2D eigenvalue weighted by Crippen LogP contribution is 2.23. The lowest BCUT2D eigenvalue weighted by atomic mass is 9.95. The monoisotopic (exact) mass is 289 g/mol. The second kappa shape index (κ2) is 6.29. The zero-order chi connectivity index (χ0) is 15.5. The van der Waals surface area contributed by atoms with E-state index in [-0.39, 0.29) is 5.78 Å². The first-order valence-electron chi connectivity index (χ1n) is 7.47. The summed E-state index contributed by atoms with van der Waals surface area (Å²) in [6.07, 6.45) is 2.18. The van der Waals surface area contributed by atoms with Crippen LogP contribution < -0.4 is 0 Å². The van der Waals surface area contributed by atoms with Gasteiger partial charge < -0.3 is 4.74 Å². The molecule has 1 heterocycles. The second-order valence-corrected chi connectivity index (χ2v) is 6.42. The summed E-state index contributed by atoms with van der Waals surface area (Å²) in [5, 5.41) is 0. The number of nitrogens with zero attached hydrogens (tertiary/aromatic N) is 1. The molecule has 21 heavy (non-hydrogen) atoms. The van der Waals surface area contributed by atoms with E-state index in [0.29, 0.717) is 18.5 Å². The maximum atomic E-state index is 12.6. The number of carbonyl (C=O) groups excluding carboxylic acids is 2. The van der Waals surface area contributed by atoms with E-state index in [0.717, 1.165) is 12.8 Å². The van der Waals surface area contributed by atoms with Crippen LogP contribution in [0.2, 0.25) is 0 Å². The van der Waals surface area contributed by atoms with E-state index < -0.39 is 17.7 Å². The molecule has 1 aliphatic rings. The molecule has 1 unspecified atom stereocenters. The van der Waals surface area contributed by atoms with Gasteiger partial charge in [-0.05, 0) is 40.0 Å². The lowest BCUT2D eigenvalue weighted by Gasteiger charge is -2.35. The summed E-state index contributed by atoms with van der Waals surface area (Å²) in [6, 6.07) is 8.75. The van der Waals surface area contributed by atoms with Crippen molar-refractivity contribution in [2.24, 2.45) is 0 Å². The van der Waals surface area contributed by atoms with Gasteiger partial charge in [-0.2, -0.15) is 0 Å². The number of hydrogen-bond donors (Lipinski definition) is 0. The molecular weight excluding hydrogens is 266 g/mol. The maximum Gasteiger partial charge on any atom is 0.410 e. The Morgan fingerprint density at radius 1 is 1.14 bits per heavy atom. The van der Waals surface area contributed by atoms with Crippen molar-refractivity contribution >= 4 is 11.9 Å².